The highest BCUT2D eigenvalue weighted by Gasteiger charge is 2.64. The van der Waals surface area contributed by atoms with Crippen molar-refractivity contribution in [2.45, 2.75) is 62.6 Å². The van der Waals surface area contributed by atoms with E-state index in [1.165, 1.54) is 0 Å². The van der Waals surface area contributed by atoms with Crippen LogP contribution in [0.2, 0.25) is 0 Å². The van der Waals surface area contributed by atoms with Crippen molar-refractivity contribution in [3.05, 3.63) is 45.0 Å². The average molecular weight is 610 g/mol. The van der Waals surface area contributed by atoms with E-state index in [1.807, 2.05) is 12.1 Å². The van der Waals surface area contributed by atoms with E-state index in [2.05, 4.69) is 33.2 Å². The zero-order valence-corrected chi connectivity index (χ0v) is 22.1. The Morgan fingerprint density at radius 3 is 2.44 bits per heavy atom. The molecule has 1 heterocycles. The number of benzene rings is 1. The minimum absolute atomic E-state index is 0.0992. The highest BCUT2D eigenvalue weighted by molar-refractivity contribution is 14.1. The minimum Gasteiger partial charge on any atom is -0.455 e. The number of carbonyl (C=O) groups excluding carboxylic acids is 3. The van der Waals surface area contributed by atoms with Gasteiger partial charge in [0.25, 0.3) is 0 Å². The first-order valence-corrected chi connectivity index (χ1v) is 13.7. The predicted octanol–water partition coefficient (Wildman–Crippen LogP) is 2.06. The largest absolute Gasteiger partial charge is 0.455 e. The lowest BCUT2D eigenvalue weighted by Crippen LogP contribution is -2.44. The maximum absolute atomic E-state index is 13.1. The maximum Gasteiger partial charge on any atom is 0.339 e. The smallest absolute Gasteiger partial charge is 0.339 e. The third kappa shape index (κ3) is 5.46. The van der Waals surface area contributed by atoms with E-state index in [0.29, 0.717) is 23.0 Å². The van der Waals surface area contributed by atoms with Gasteiger partial charge < -0.3 is 30.0 Å². The van der Waals surface area contributed by atoms with E-state index in [9.17, 15) is 14.4 Å². The summed E-state index contributed by atoms with van der Waals surface area (Å²) in [6.07, 6.45) is 4.69. The number of amides is 2. The number of halogens is 1. The van der Waals surface area contributed by atoms with Crippen LogP contribution in [-0.4, -0.2) is 66.7 Å². The first-order valence-electron chi connectivity index (χ1n) is 12.6. The molecule has 2 amide bonds. The monoisotopic (exact) mass is 610 g/mol. The van der Waals surface area contributed by atoms with Crippen LogP contribution in [0.3, 0.4) is 0 Å². The molecular formula is C26H31IN2O7. The van der Waals surface area contributed by atoms with Crippen LogP contribution in [0.5, 0.6) is 0 Å². The molecule has 1 aromatic rings. The van der Waals surface area contributed by atoms with Crippen molar-refractivity contribution in [1.29, 1.82) is 0 Å². The second kappa shape index (κ2) is 10.8. The van der Waals surface area contributed by atoms with Gasteiger partial charge in [-0.1, -0.05) is 12.1 Å². The van der Waals surface area contributed by atoms with Gasteiger partial charge in [-0.15, -0.1) is 0 Å². The lowest BCUT2D eigenvalue weighted by atomic mass is 9.91. The molecule has 0 spiro atoms. The van der Waals surface area contributed by atoms with Crippen molar-refractivity contribution in [2.75, 3.05) is 19.7 Å². The van der Waals surface area contributed by atoms with Gasteiger partial charge in [-0.2, -0.15) is 0 Å². The molecule has 5 rings (SSSR count). The third-order valence-electron chi connectivity index (χ3n) is 7.13. The van der Waals surface area contributed by atoms with E-state index in [-0.39, 0.29) is 44.4 Å². The molecule has 36 heavy (non-hydrogen) atoms. The van der Waals surface area contributed by atoms with Crippen LogP contribution in [0.15, 0.2) is 35.9 Å². The van der Waals surface area contributed by atoms with Gasteiger partial charge in [0.05, 0.1) is 12.2 Å². The highest BCUT2D eigenvalue weighted by Crippen LogP contribution is 2.59. The summed E-state index contributed by atoms with van der Waals surface area (Å²) in [5, 5.41) is 14.1. The number of aliphatic hydroxyl groups excluding tert-OH is 1. The zero-order chi connectivity index (χ0) is 25.3. The molecule has 1 saturated heterocycles. The minimum atomic E-state index is -0.670. The number of aliphatic hydroxyl groups is 1. The molecule has 0 radical (unpaired) electrons. The topological polar surface area (TPSA) is 123 Å². The summed E-state index contributed by atoms with van der Waals surface area (Å²) in [5.74, 6) is -1.01. The molecule has 0 bridgehead atoms. The second-order valence-electron chi connectivity index (χ2n) is 9.83. The summed E-state index contributed by atoms with van der Waals surface area (Å²) in [4.78, 5) is 37.9. The summed E-state index contributed by atoms with van der Waals surface area (Å²) in [6, 6.07) is 7.22. The van der Waals surface area contributed by atoms with Crippen LogP contribution in [0.1, 0.15) is 48.9 Å². The molecule has 9 nitrogen and oxygen atoms in total. The standard InChI is InChI=1S/C26H31IN2O7/c27-19-4-2-1-3-18(19)25(33)34-20-13-15(24(32)29-10-9-22(31)28-11-12-30)14-21-23(20)36-26(35-21,16-5-6-16)17-7-8-17/h1-4,14,16-17,20-21,23,30H,5-13H2,(H,28,31)(H,29,32)/t20-,21-,23+/m1/s1. The number of carbonyl (C=O) groups is 3. The molecule has 10 heteroatoms. The molecule has 2 saturated carbocycles. The van der Waals surface area contributed by atoms with Crippen LogP contribution in [0, 0.1) is 15.4 Å². The van der Waals surface area contributed by atoms with Crippen molar-refractivity contribution in [3.63, 3.8) is 0 Å². The molecule has 3 aliphatic carbocycles. The molecule has 1 aliphatic heterocycles. The fourth-order valence-electron chi connectivity index (χ4n) is 5.08. The van der Waals surface area contributed by atoms with Gasteiger partial charge in [0, 0.05) is 46.9 Å². The van der Waals surface area contributed by atoms with E-state index in [1.54, 1.807) is 18.2 Å². The Hall–Kier alpha value is -2.02. The lowest BCUT2D eigenvalue weighted by molar-refractivity contribution is -0.209. The highest BCUT2D eigenvalue weighted by atomic mass is 127. The Morgan fingerprint density at radius 2 is 1.78 bits per heavy atom. The number of nitrogens with one attached hydrogen (secondary N) is 2. The Labute approximate surface area is 223 Å². The molecule has 3 fully saturated rings. The van der Waals surface area contributed by atoms with Crippen molar-refractivity contribution in [1.82, 2.24) is 10.6 Å². The quantitative estimate of drug-likeness (QED) is 0.274. The van der Waals surface area contributed by atoms with Gasteiger partial charge in [-0.3, -0.25) is 9.59 Å². The number of hydrogen-bond donors (Lipinski definition) is 3. The number of fused-ring (bicyclic) bond motifs is 1. The summed E-state index contributed by atoms with van der Waals surface area (Å²) >= 11 is 2.10. The first-order chi connectivity index (χ1) is 17.4. The molecule has 194 valence electrons. The van der Waals surface area contributed by atoms with E-state index in [0.717, 1.165) is 29.3 Å². The molecule has 1 aromatic carbocycles. The van der Waals surface area contributed by atoms with E-state index < -0.39 is 30.1 Å². The van der Waals surface area contributed by atoms with Crippen LogP contribution in [-0.2, 0) is 23.8 Å². The van der Waals surface area contributed by atoms with Crippen LogP contribution < -0.4 is 10.6 Å². The second-order valence-corrected chi connectivity index (χ2v) is 11.0. The van der Waals surface area contributed by atoms with Crippen molar-refractivity contribution in [2.24, 2.45) is 11.8 Å². The summed E-state index contributed by atoms with van der Waals surface area (Å²) in [7, 11) is 0. The number of esters is 1. The number of rotatable bonds is 10. The lowest BCUT2D eigenvalue weighted by Gasteiger charge is -2.31. The summed E-state index contributed by atoms with van der Waals surface area (Å²) in [6.45, 7) is 0.191. The first kappa shape index (κ1) is 25.6. The third-order valence-corrected chi connectivity index (χ3v) is 8.07. The molecule has 0 unspecified atom stereocenters. The van der Waals surface area contributed by atoms with Crippen LogP contribution in [0.4, 0.5) is 0 Å². The van der Waals surface area contributed by atoms with Crippen molar-refractivity contribution in [3.8, 4) is 0 Å². The van der Waals surface area contributed by atoms with Crippen molar-refractivity contribution >= 4 is 40.4 Å². The molecular weight excluding hydrogens is 579 g/mol. The van der Waals surface area contributed by atoms with E-state index in [4.69, 9.17) is 19.3 Å². The Morgan fingerprint density at radius 1 is 1.06 bits per heavy atom. The normalized spacial score (nSPS) is 26.5. The zero-order valence-electron chi connectivity index (χ0n) is 19.9. The number of ether oxygens (including phenoxy) is 3. The Balaban J connectivity index is 1.31. The maximum atomic E-state index is 13.1. The fourth-order valence-corrected chi connectivity index (χ4v) is 5.69. The SMILES string of the molecule is O=C(CCNC(=O)C1=C[C@H]2OC(C3CC3)(C3CC3)O[C@H]2[C@H](OC(=O)c2ccccc2I)C1)NCCO. The molecule has 4 aliphatic rings. The molecule has 3 N–H and O–H groups in total. The Bertz CT molecular complexity index is 1040. The van der Waals surface area contributed by atoms with Gasteiger partial charge in [0.2, 0.25) is 11.8 Å². The predicted molar refractivity (Wildman–Crippen MR) is 137 cm³/mol. The number of hydrogen-bond acceptors (Lipinski definition) is 7. The molecule has 0 aromatic heterocycles. The van der Waals surface area contributed by atoms with Gasteiger partial charge in [-0.05, 0) is 66.5 Å². The summed E-state index contributed by atoms with van der Waals surface area (Å²) in [5.41, 5.74) is 0.928. The van der Waals surface area contributed by atoms with Crippen molar-refractivity contribution < 1.29 is 33.7 Å². The van der Waals surface area contributed by atoms with Crippen LogP contribution in [0.25, 0.3) is 0 Å². The average Bonchev–Trinajstić information content (AvgIpc) is 3.79. The Kier molecular flexibility index (Phi) is 7.66. The van der Waals surface area contributed by atoms with Gasteiger partial charge in [0.15, 0.2) is 5.79 Å². The summed E-state index contributed by atoms with van der Waals surface area (Å²) < 4.78 is 19.9. The van der Waals surface area contributed by atoms with E-state index >= 15 is 0 Å². The van der Waals surface area contributed by atoms with Gasteiger partial charge in [-0.25, -0.2) is 4.79 Å². The fraction of sp³-hybridized carbons (Fsp3) is 0.577. The van der Waals surface area contributed by atoms with Gasteiger partial charge in [0.1, 0.15) is 18.3 Å². The molecule has 3 atom stereocenters. The van der Waals surface area contributed by atoms with Gasteiger partial charge >= 0.3 is 5.97 Å². The van der Waals surface area contributed by atoms with Crippen LogP contribution >= 0.6 is 22.6 Å².